The van der Waals surface area contributed by atoms with E-state index < -0.39 is 24.0 Å². The van der Waals surface area contributed by atoms with E-state index in [9.17, 15) is 14.4 Å². The molecule has 1 aromatic heterocycles. The number of imide groups is 1. The van der Waals surface area contributed by atoms with Gasteiger partial charge in [-0.05, 0) is 57.1 Å². The van der Waals surface area contributed by atoms with Gasteiger partial charge in [-0.25, -0.2) is 9.59 Å². The third-order valence-corrected chi connectivity index (χ3v) is 6.25. The molecule has 1 saturated carbocycles. The average molecular weight is 378 g/mol. The summed E-state index contributed by atoms with van der Waals surface area (Å²) >= 11 is 1.46. The van der Waals surface area contributed by atoms with Crippen LogP contribution in [-0.4, -0.2) is 30.1 Å². The summed E-state index contributed by atoms with van der Waals surface area (Å²) in [5.74, 6) is -1.10. The number of aryl methyl sites for hydroxylation is 2. The van der Waals surface area contributed by atoms with Crippen LogP contribution >= 0.6 is 11.3 Å². The molecule has 0 saturated heterocycles. The number of thiophene rings is 1. The van der Waals surface area contributed by atoms with E-state index in [1.807, 2.05) is 6.07 Å². The number of carbonyl (C=O) groups excluding carboxylic acids is 3. The molecular weight excluding hydrogens is 352 g/mol. The SMILES string of the molecule is C[C@@H](OC(=O)c1cc2c(s1)CCCCC2)C(=O)NC(=O)NC1CCCC1. The van der Waals surface area contributed by atoms with Gasteiger partial charge in [-0.2, -0.15) is 0 Å². The Morgan fingerprint density at radius 2 is 1.85 bits per heavy atom. The van der Waals surface area contributed by atoms with Crippen molar-refractivity contribution in [2.75, 3.05) is 0 Å². The fourth-order valence-corrected chi connectivity index (χ4v) is 4.68. The number of amides is 3. The lowest BCUT2D eigenvalue weighted by atomic mass is 10.1. The normalized spacial score (nSPS) is 18.5. The van der Waals surface area contributed by atoms with Gasteiger partial charge in [0.05, 0.1) is 0 Å². The number of hydrogen-bond donors (Lipinski definition) is 2. The predicted molar refractivity (Wildman–Crippen MR) is 99.4 cm³/mol. The zero-order chi connectivity index (χ0) is 18.5. The molecule has 6 nitrogen and oxygen atoms in total. The van der Waals surface area contributed by atoms with Crippen molar-refractivity contribution in [3.05, 3.63) is 21.4 Å². The van der Waals surface area contributed by atoms with E-state index in [4.69, 9.17) is 4.74 Å². The third kappa shape index (κ3) is 4.84. The van der Waals surface area contributed by atoms with Crippen molar-refractivity contribution in [2.45, 2.75) is 76.9 Å². The van der Waals surface area contributed by atoms with Crippen molar-refractivity contribution < 1.29 is 19.1 Å². The highest BCUT2D eigenvalue weighted by atomic mass is 32.1. The van der Waals surface area contributed by atoms with Crippen LogP contribution in [0.5, 0.6) is 0 Å². The summed E-state index contributed by atoms with van der Waals surface area (Å²) in [4.78, 5) is 38.1. The Kier molecular flexibility index (Phi) is 6.29. The lowest BCUT2D eigenvalue weighted by Crippen LogP contribution is -2.47. The zero-order valence-electron chi connectivity index (χ0n) is 15.1. The van der Waals surface area contributed by atoms with Crippen molar-refractivity contribution in [1.29, 1.82) is 0 Å². The van der Waals surface area contributed by atoms with Gasteiger partial charge < -0.3 is 10.1 Å². The highest BCUT2D eigenvalue weighted by Gasteiger charge is 2.24. The highest BCUT2D eigenvalue weighted by molar-refractivity contribution is 7.14. The molecule has 1 aromatic rings. The molecule has 1 fully saturated rings. The van der Waals surface area contributed by atoms with Crippen molar-refractivity contribution in [3.8, 4) is 0 Å². The quantitative estimate of drug-likeness (QED) is 0.622. The molecular formula is C19H26N2O4S. The number of hydrogen-bond acceptors (Lipinski definition) is 5. The largest absolute Gasteiger partial charge is 0.448 e. The lowest BCUT2D eigenvalue weighted by Gasteiger charge is -2.15. The Bertz CT molecular complexity index is 656. The van der Waals surface area contributed by atoms with Gasteiger partial charge in [0.25, 0.3) is 5.91 Å². The Morgan fingerprint density at radius 1 is 1.12 bits per heavy atom. The van der Waals surface area contributed by atoms with E-state index >= 15 is 0 Å². The van der Waals surface area contributed by atoms with Crippen LogP contribution < -0.4 is 10.6 Å². The molecule has 7 heteroatoms. The number of esters is 1. The molecule has 2 N–H and O–H groups in total. The second-order valence-electron chi connectivity index (χ2n) is 7.11. The number of carbonyl (C=O) groups is 3. The molecule has 2 aliphatic rings. The maximum atomic E-state index is 12.3. The third-order valence-electron chi connectivity index (χ3n) is 5.03. The minimum absolute atomic E-state index is 0.127. The van der Waals surface area contributed by atoms with Gasteiger partial charge >= 0.3 is 12.0 Å². The monoisotopic (exact) mass is 378 g/mol. The molecule has 0 unspecified atom stereocenters. The molecule has 2 aliphatic carbocycles. The second kappa shape index (κ2) is 8.66. The maximum Gasteiger partial charge on any atom is 0.349 e. The topological polar surface area (TPSA) is 84.5 Å². The van der Waals surface area contributed by atoms with Crippen molar-refractivity contribution >= 4 is 29.2 Å². The molecule has 142 valence electrons. The van der Waals surface area contributed by atoms with Crippen LogP contribution in [0.1, 0.15) is 72.0 Å². The summed E-state index contributed by atoms with van der Waals surface area (Å²) < 4.78 is 5.26. The van der Waals surface area contributed by atoms with Crippen LogP contribution in [-0.2, 0) is 22.4 Å². The lowest BCUT2D eigenvalue weighted by molar-refractivity contribution is -0.127. The van der Waals surface area contributed by atoms with Gasteiger partial charge in [0, 0.05) is 10.9 Å². The van der Waals surface area contributed by atoms with Gasteiger partial charge in [0.1, 0.15) is 4.88 Å². The van der Waals surface area contributed by atoms with E-state index in [0.717, 1.165) is 51.4 Å². The van der Waals surface area contributed by atoms with Crippen LogP contribution in [0, 0.1) is 0 Å². The Morgan fingerprint density at radius 3 is 2.62 bits per heavy atom. The summed E-state index contributed by atoms with van der Waals surface area (Å²) in [5, 5.41) is 5.04. The molecule has 0 bridgehead atoms. The van der Waals surface area contributed by atoms with E-state index in [2.05, 4.69) is 10.6 Å². The maximum absolute atomic E-state index is 12.3. The Balaban J connectivity index is 1.50. The van der Waals surface area contributed by atoms with Gasteiger partial charge in [-0.15, -0.1) is 11.3 Å². The minimum Gasteiger partial charge on any atom is -0.448 e. The van der Waals surface area contributed by atoms with Gasteiger partial charge in [-0.3, -0.25) is 10.1 Å². The van der Waals surface area contributed by atoms with Gasteiger partial charge in [-0.1, -0.05) is 19.3 Å². The van der Waals surface area contributed by atoms with E-state index in [-0.39, 0.29) is 6.04 Å². The van der Waals surface area contributed by atoms with Crippen LogP contribution in [0.4, 0.5) is 4.79 Å². The van der Waals surface area contributed by atoms with E-state index in [1.165, 1.54) is 35.1 Å². The molecule has 0 aliphatic heterocycles. The summed E-state index contributed by atoms with van der Waals surface area (Å²) in [7, 11) is 0. The van der Waals surface area contributed by atoms with Crippen molar-refractivity contribution in [2.24, 2.45) is 0 Å². The number of fused-ring (bicyclic) bond motifs is 1. The van der Waals surface area contributed by atoms with Gasteiger partial charge in [0.2, 0.25) is 0 Å². The smallest absolute Gasteiger partial charge is 0.349 e. The fourth-order valence-electron chi connectivity index (χ4n) is 3.55. The highest BCUT2D eigenvalue weighted by Crippen LogP contribution is 2.29. The molecule has 1 atom stereocenters. The Hall–Kier alpha value is -1.89. The molecule has 0 radical (unpaired) electrons. The number of nitrogens with one attached hydrogen (secondary N) is 2. The predicted octanol–water partition coefficient (Wildman–Crippen LogP) is 3.33. The van der Waals surface area contributed by atoms with Crippen molar-refractivity contribution in [1.82, 2.24) is 10.6 Å². The van der Waals surface area contributed by atoms with E-state index in [1.54, 1.807) is 0 Å². The molecule has 26 heavy (non-hydrogen) atoms. The molecule has 1 heterocycles. The second-order valence-corrected chi connectivity index (χ2v) is 8.25. The van der Waals surface area contributed by atoms with Gasteiger partial charge in [0.15, 0.2) is 6.10 Å². The van der Waals surface area contributed by atoms with Crippen LogP contribution in [0.15, 0.2) is 6.07 Å². The number of ether oxygens (including phenoxy) is 1. The van der Waals surface area contributed by atoms with Crippen LogP contribution in [0.25, 0.3) is 0 Å². The summed E-state index contributed by atoms with van der Waals surface area (Å²) in [6.07, 6.45) is 8.57. The summed E-state index contributed by atoms with van der Waals surface area (Å²) in [6.45, 7) is 1.48. The summed E-state index contributed by atoms with van der Waals surface area (Å²) in [6, 6.07) is 1.50. The first-order chi connectivity index (χ1) is 12.5. The average Bonchev–Trinajstić information content (AvgIpc) is 3.20. The molecule has 3 rings (SSSR count). The first kappa shape index (κ1) is 18.9. The molecule has 0 spiro atoms. The van der Waals surface area contributed by atoms with E-state index in [0.29, 0.717) is 4.88 Å². The zero-order valence-corrected chi connectivity index (χ0v) is 16.0. The van der Waals surface area contributed by atoms with Crippen LogP contribution in [0.3, 0.4) is 0 Å². The number of urea groups is 1. The first-order valence-electron chi connectivity index (χ1n) is 9.47. The molecule has 3 amide bonds. The number of rotatable bonds is 4. The standard InChI is InChI=1S/C19H26N2O4S/c1-12(17(22)21-19(24)20-14-8-5-6-9-14)25-18(23)16-11-13-7-3-2-4-10-15(13)26-16/h11-12,14H,2-10H2,1H3,(H2,20,21,22,24)/t12-/m1/s1. The van der Waals surface area contributed by atoms with Crippen molar-refractivity contribution in [3.63, 3.8) is 0 Å². The molecule has 0 aromatic carbocycles. The Labute approximate surface area is 157 Å². The fraction of sp³-hybridized carbons (Fsp3) is 0.632. The first-order valence-corrected chi connectivity index (χ1v) is 10.3. The summed E-state index contributed by atoms with van der Waals surface area (Å²) in [5.41, 5.74) is 1.23. The van der Waals surface area contributed by atoms with Crippen LogP contribution in [0.2, 0.25) is 0 Å². The minimum atomic E-state index is -1.02.